The van der Waals surface area contributed by atoms with Gasteiger partial charge in [-0.05, 0) is 25.5 Å². The number of hydrogen-bond donors (Lipinski definition) is 2. The van der Waals surface area contributed by atoms with Gasteiger partial charge in [0.1, 0.15) is 0 Å². The second-order valence-corrected chi connectivity index (χ2v) is 7.02. The zero-order chi connectivity index (χ0) is 15.0. The van der Waals surface area contributed by atoms with E-state index in [1.165, 1.54) is 11.3 Å². The van der Waals surface area contributed by atoms with E-state index in [1.54, 1.807) is 18.4 Å². The highest BCUT2D eigenvalue weighted by atomic mass is 32.2. The Morgan fingerprint density at radius 1 is 1.55 bits per heavy atom. The van der Waals surface area contributed by atoms with Gasteiger partial charge >= 0.3 is 0 Å². The molecule has 0 fully saturated rings. The van der Waals surface area contributed by atoms with Crippen LogP contribution in [0.15, 0.2) is 12.1 Å². The van der Waals surface area contributed by atoms with Crippen molar-refractivity contribution in [2.75, 3.05) is 18.6 Å². The molecule has 110 valence electrons. The molecule has 1 rings (SSSR count). The van der Waals surface area contributed by atoms with Crippen molar-refractivity contribution in [3.63, 3.8) is 0 Å². The smallest absolute Gasteiger partial charge is 0.261 e. The minimum atomic E-state index is -0.834. The van der Waals surface area contributed by atoms with Gasteiger partial charge in [-0.25, -0.2) is 0 Å². The summed E-state index contributed by atoms with van der Waals surface area (Å²) in [4.78, 5) is 13.4. The maximum absolute atomic E-state index is 12.0. The number of rotatable bonds is 6. The molecule has 6 heteroatoms. The summed E-state index contributed by atoms with van der Waals surface area (Å²) in [5, 5.41) is 11.5. The zero-order valence-corrected chi connectivity index (χ0v) is 13.3. The van der Waals surface area contributed by atoms with Crippen LogP contribution in [0.1, 0.15) is 34.3 Å². The molecule has 2 unspecified atom stereocenters. The van der Waals surface area contributed by atoms with Crippen LogP contribution in [0, 0.1) is 11.8 Å². The fourth-order valence-corrected chi connectivity index (χ4v) is 2.91. The Morgan fingerprint density at radius 3 is 2.95 bits per heavy atom. The van der Waals surface area contributed by atoms with E-state index < -0.39 is 10.8 Å². The number of aliphatic hydroxyl groups excluding tert-OH is 1. The average Bonchev–Trinajstić information content (AvgIpc) is 2.85. The minimum absolute atomic E-state index is 0.00239. The third kappa shape index (κ3) is 6.33. The van der Waals surface area contributed by atoms with Gasteiger partial charge in [0.25, 0.3) is 5.91 Å². The van der Waals surface area contributed by atoms with E-state index in [2.05, 4.69) is 17.2 Å². The molecule has 1 aromatic heterocycles. The molecule has 20 heavy (non-hydrogen) atoms. The van der Waals surface area contributed by atoms with Crippen LogP contribution in [0.3, 0.4) is 0 Å². The number of nitrogens with one attached hydrogen (secondary N) is 1. The first kappa shape index (κ1) is 16.9. The van der Waals surface area contributed by atoms with Gasteiger partial charge in [-0.2, -0.15) is 0 Å². The van der Waals surface area contributed by atoms with E-state index in [0.717, 1.165) is 4.88 Å². The Morgan fingerprint density at radius 2 is 2.30 bits per heavy atom. The summed E-state index contributed by atoms with van der Waals surface area (Å²) >= 11 is 1.33. The molecule has 0 bridgehead atoms. The van der Waals surface area contributed by atoms with Gasteiger partial charge in [-0.15, -0.1) is 11.3 Å². The van der Waals surface area contributed by atoms with Crippen molar-refractivity contribution in [2.45, 2.75) is 25.8 Å². The van der Waals surface area contributed by atoms with Crippen LogP contribution < -0.4 is 5.32 Å². The van der Waals surface area contributed by atoms with Crippen molar-refractivity contribution >= 4 is 28.0 Å². The van der Waals surface area contributed by atoms with Crippen LogP contribution >= 0.6 is 11.3 Å². The van der Waals surface area contributed by atoms with Gasteiger partial charge in [0.15, 0.2) is 0 Å². The Kier molecular flexibility index (Phi) is 7.52. The molecule has 0 saturated heterocycles. The molecular formula is C14H19NO3S2. The summed E-state index contributed by atoms with van der Waals surface area (Å²) in [6.45, 7) is 1.95. The summed E-state index contributed by atoms with van der Waals surface area (Å²) < 4.78 is 11.0. The van der Waals surface area contributed by atoms with E-state index >= 15 is 0 Å². The van der Waals surface area contributed by atoms with Crippen LogP contribution in [0.2, 0.25) is 0 Å². The van der Waals surface area contributed by atoms with Crippen molar-refractivity contribution in [3.8, 4) is 11.8 Å². The quantitative estimate of drug-likeness (QED) is 0.780. The predicted molar refractivity (Wildman–Crippen MR) is 83.4 cm³/mol. The highest BCUT2D eigenvalue weighted by Gasteiger charge is 2.12. The van der Waals surface area contributed by atoms with Crippen molar-refractivity contribution < 1.29 is 14.1 Å². The number of amides is 1. The van der Waals surface area contributed by atoms with Crippen molar-refractivity contribution in [3.05, 3.63) is 21.9 Å². The minimum Gasteiger partial charge on any atom is -0.395 e. The third-order valence-electron chi connectivity index (χ3n) is 2.49. The Bertz CT molecular complexity index is 528. The van der Waals surface area contributed by atoms with Gasteiger partial charge in [0.2, 0.25) is 0 Å². The average molecular weight is 313 g/mol. The van der Waals surface area contributed by atoms with E-state index in [0.29, 0.717) is 23.5 Å². The van der Waals surface area contributed by atoms with Gasteiger partial charge in [0.05, 0.1) is 16.4 Å². The molecule has 0 spiro atoms. The molecule has 0 aliphatic rings. The number of aliphatic hydroxyl groups is 1. The van der Waals surface area contributed by atoms with Crippen LogP contribution in [-0.4, -0.2) is 39.9 Å². The van der Waals surface area contributed by atoms with Gasteiger partial charge in [-0.1, -0.05) is 11.8 Å². The summed E-state index contributed by atoms with van der Waals surface area (Å²) in [6.07, 6.45) is 2.79. The molecule has 1 amide bonds. The lowest BCUT2D eigenvalue weighted by Gasteiger charge is -2.11. The summed E-state index contributed by atoms with van der Waals surface area (Å²) in [7, 11) is -0.834. The topological polar surface area (TPSA) is 66.4 Å². The molecule has 2 atom stereocenters. The van der Waals surface area contributed by atoms with E-state index in [-0.39, 0.29) is 18.6 Å². The van der Waals surface area contributed by atoms with Gasteiger partial charge in [0, 0.05) is 35.3 Å². The van der Waals surface area contributed by atoms with Gasteiger partial charge in [-0.3, -0.25) is 9.00 Å². The first-order valence-corrected chi connectivity index (χ1v) is 8.87. The molecule has 0 radical (unpaired) electrons. The first-order chi connectivity index (χ1) is 9.52. The summed E-state index contributed by atoms with van der Waals surface area (Å²) in [5.41, 5.74) is 0. The fourth-order valence-electron chi connectivity index (χ4n) is 1.44. The van der Waals surface area contributed by atoms with Crippen molar-refractivity contribution in [2.24, 2.45) is 0 Å². The summed E-state index contributed by atoms with van der Waals surface area (Å²) in [6, 6.07) is 3.54. The van der Waals surface area contributed by atoms with E-state index in [4.69, 9.17) is 5.11 Å². The Labute approximate surface area is 126 Å². The number of carbonyl (C=O) groups is 1. The largest absolute Gasteiger partial charge is 0.395 e. The highest BCUT2D eigenvalue weighted by Crippen LogP contribution is 2.15. The molecule has 1 heterocycles. The lowest BCUT2D eigenvalue weighted by Crippen LogP contribution is -2.33. The summed E-state index contributed by atoms with van der Waals surface area (Å²) in [5.74, 6) is 6.19. The van der Waals surface area contributed by atoms with Gasteiger partial charge < -0.3 is 10.4 Å². The number of thiophene rings is 1. The van der Waals surface area contributed by atoms with Crippen molar-refractivity contribution in [1.82, 2.24) is 5.32 Å². The lowest BCUT2D eigenvalue weighted by atomic mass is 10.2. The maximum Gasteiger partial charge on any atom is 0.261 e. The Hall–Kier alpha value is -1.16. The monoisotopic (exact) mass is 313 g/mol. The number of carbonyl (C=O) groups excluding carboxylic acids is 1. The fraction of sp³-hybridized carbons (Fsp3) is 0.500. The molecule has 0 aliphatic heterocycles. The normalized spacial score (nSPS) is 13.2. The van der Waals surface area contributed by atoms with Crippen LogP contribution in [0.5, 0.6) is 0 Å². The van der Waals surface area contributed by atoms with E-state index in [9.17, 15) is 9.00 Å². The number of hydrogen-bond acceptors (Lipinski definition) is 4. The van der Waals surface area contributed by atoms with Crippen LogP contribution in [0.4, 0.5) is 0 Å². The highest BCUT2D eigenvalue weighted by molar-refractivity contribution is 7.84. The van der Waals surface area contributed by atoms with E-state index in [1.807, 2.05) is 6.92 Å². The predicted octanol–water partition coefficient (Wildman–Crippen LogP) is 1.37. The Balaban J connectivity index is 2.52. The zero-order valence-electron chi connectivity index (χ0n) is 11.6. The second kappa shape index (κ2) is 8.90. The molecular weight excluding hydrogens is 294 g/mol. The molecule has 1 aromatic rings. The third-order valence-corrected chi connectivity index (χ3v) is 4.30. The lowest BCUT2D eigenvalue weighted by molar-refractivity contribution is 0.0943. The van der Waals surface area contributed by atoms with Crippen molar-refractivity contribution in [1.29, 1.82) is 0 Å². The molecule has 0 aliphatic carbocycles. The van der Waals surface area contributed by atoms with Crippen LogP contribution in [0.25, 0.3) is 0 Å². The molecule has 0 aromatic carbocycles. The second-order valence-electron chi connectivity index (χ2n) is 4.38. The van der Waals surface area contributed by atoms with Crippen LogP contribution in [-0.2, 0) is 10.8 Å². The molecule has 0 saturated carbocycles. The first-order valence-electron chi connectivity index (χ1n) is 6.33. The standard InChI is InChI=1S/C14H19NO3S2/c1-11(8-10-20(2)18)15-14(17)13-7-6-12(19-13)5-3-4-9-16/h6-7,11,16H,4,8-10H2,1-2H3,(H,15,17). The molecule has 4 nitrogen and oxygen atoms in total. The maximum atomic E-state index is 12.0. The SMILES string of the molecule is CC(CCS(C)=O)NC(=O)c1ccc(C#CCCO)s1. The molecule has 2 N–H and O–H groups in total.